The number of benzene rings is 11. The number of rotatable bonds is 12. The zero-order chi connectivity index (χ0) is 52.5. The average molecular weight is 1000 g/mol. The first-order valence-electron chi connectivity index (χ1n) is 26.6. The molecule has 13 rings (SSSR count). The van der Waals surface area contributed by atoms with E-state index in [1.54, 1.807) is 0 Å². The Balaban J connectivity index is 0.864. The minimum absolute atomic E-state index is 0.711. The van der Waals surface area contributed by atoms with E-state index in [1.807, 2.05) is 36.4 Å². The van der Waals surface area contributed by atoms with Gasteiger partial charge >= 0.3 is 0 Å². The number of fused-ring (bicyclic) bond motifs is 3. The molecule has 0 fully saturated rings. The third-order valence-electron chi connectivity index (χ3n) is 14.9. The maximum Gasteiger partial charge on any atom is 0.160 e. The molecular weight excluding hydrogens is 947 g/mol. The first kappa shape index (κ1) is 47.6. The van der Waals surface area contributed by atoms with Gasteiger partial charge < -0.3 is 14.4 Å². The Hall–Kier alpha value is -10.1. The van der Waals surface area contributed by atoms with E-state index in [-0.39, 0.29) is 0 Å². The van der Waals surface area contributed by atoms with Crippen molar-refractivity contribution >= 4 is 55.9 Å². The lowest BCUT2D eigenvalue weighted by atomic mass is 9.97. The van der Waals surface area contributed by atoms with E-state index in [4.69, 9.17) is 9.97 Å². The zero-order valence-corrected chi connectivity index (χ0v) is 43.8. The summed E-state index contributed by atoms with van der Waals surface area (Å²) >= 11 is 0. The second-order valence-electron chi connectivity index (χ2n) is 20.1. The van der Waals surface area contributed by atoms with Gasteiger partial charge in [-0.15, -0.1) is 0 Å². The van der Waals surface area contributed by atoms with E-state index in [0.29, 0.717) is 5.82 Å². The fourth-order valence-corrected chi connectivity index (χ4v) is 10.8. The zero-order valence-electron chi connectivity index (χ0n) is 43.8. The van der Waals surface area contributed by atoms with Crippen LogP contribution >= 0.6 is 0 Å². The number of aromatic nitrogens is 3. The van der Waals surface area contributed by atoms with Crippen LogP contribution in [0, 0.1) is 20.8 Å². The molecule has 5 nitrogen and oxygen atoms in total. The molecule has 11 aromatic carbocycles. The first-order chi connectivity index (χ1) is 38.4. The third kappa shape index (κ3) is 9.29. The molecule has 0 radical (unpaired) electrons. The summed E-state index contributed by atoms with van der Waals surface area (Å²) in [4.78, 5) is 14.8. The number of nitrogens with zero attached hydrogens (tertiary/aromatic N) is 5. The van der Waals surface area contributed by atoms with E-state index in [1.165, 1.54) is 38.6 Å². The molecule has 0 amide bonds. The molecule has 0 atom stereocenters. The Kier molecular flexibility index (Phi) is 12.5. The molecule has 0 N–H and O–H groups in total. The number of anilines is 6. The summed E-state index contributed by atoms with van der Waals surface area (Å²) in [5.41, 5.74) is 23.2. The van der Waals surface area contributed by atoms with Crippen molar-refractivity contribution in [2.24, 2.45) is 0 Å². The van der Waals surface area contributed by atoms with Crippen molar-refractivity contribution < 1.29 is 0 Å². The summed E-state index contributed by atoms with van der Waals surface area (Å²) in [6.45, 7) is 6.52. The second kappa shape index (κ2) is 20.6. The van der Waals surface area contributed by atoms with E-state index >= 15 is 0 Å². The van der Waals surface area contributed by atoms with Gasteiger partial charge in [0.25, 0.3) is 0 Å². The van der Waals surface area contributed by atoms with Gasteiger partial charge in [-0.1, -0.05) is 187 Å². The van der Waals surface area contributed by atoms with Gasteiger partial charge in [0, 0.05) is 67.3 Å². The summed E-state index contributed by atoms with van der Waals surface area (Å²) in [5.74, 6) is 0.711. The standard InChI is InChI=1S/C73H55N5/c1-50-24-37-62(38-25-50)76(60-20-12-6-13-21-60)64-41-44-71-66(47-64)67-48-65(77(61-22-14-7-15-23-61)63-39-26-51(2)27-40-63)42-45-72(67)78(71)70-43-36-59(46-52(70)3)55-30-28-53(29-31-55)54-32-34-57(35-33-54)69-49-68(56-16-8-4-9-17-56)74-73(75-69)58-18-10-5-11-19-58/h4-49H,1-3H3. The lowest BCUT2D eigenvalue weighted by Crippen LogP contribution is -2.10. The summed E-state index contributed by atoms with van der Waals surface area (Å²) < 4.78 is 2.45. The van der Waals surface area contributed by atoms with Crippen LogP contribution in [-0.4, -0.2) is 14.5 Å². The number of hydrogen-bond acceptors (Lipinski definition) is 4. The van der Waals surface area contributed by atoms with Crippen molar-refractivity contribution in [3.63, 3.8) is 0 Å². The normalized spacial score (nSPS) is 11.3. The highest BCUT2D eigenvalue weighted by molar-refractivity contribution is 6.12. The predicted molar refractivity (Wildman–Crippen MR) is 327 cm³/mol. The summed E-state index contributed by atoms with van der Waals surface area (Å²) in [5, 5.41) is 2.35. The molecule has 2 heterocycles. The highest BCUT2D eigenvalue weighted by Gasteiger charge is 2.21. The first-order valence-corrected chi connectivity index (χ1v) is 26.6. The van der Waals surface area contributed by atoms with Gasteiger partial charge in [-0.2, -0.15) is 0 Å². The van der Waals surface area contributed by atoms with Crippen LogP contribution in [0.5, 0.6) is 0 Å². The predicted octanol–water partition coefficient (Wildman–Crippen LogP) is 19.8. The lowest BCUT2D eigenvalue weighted by Gasteiger charge is -2.26. The van der Waals surface area contributed by atoms with Crippen molar-refractivity contribution in [1.82, 2.24) is 14.5 Å². The molecule has 5 heteroatoms. The maximum atomic E-state index is 5.06. The van der Waals surface area contributed by atoms with Crippen molar-refractivity contribution in [3.05, 3.63) is 296 Å². The van der Waals surface area contributed by atoms with Crippen LogP contribution in [0.1, 0.15) is 16.7 Å². The molecule has 372 valence electrons. The smallest absolute Gasteiger partial charge is 0.160 e. The Bertz CT molecular complexity index is 4030. The molecule has 2 aromatic heterocycles. The van der Waals surface area contributed by atoms with Crippen molar-refractivity contribution in [2.45, 2.75) is 20.8 Å². The molecular formula is C73H55N5. The number of para-hydroxylation sites is 2. The van der Waals surface area contributed by atoms with Gasteiger partial charge in [0.1, 0.15) is 0 Å². The third-order valence-corrected chi connectivity index (χ3v) is 14.9. The highest BCUT2D eigenvalue weighted by Crippen LogP contribution is 2.44. The SMILES string of the molecule is Cc1ccc(N(c2ccccc2)c2ccc3c(c2)c2cc(N(c4ccccc4)c4ccc(C)cc4)ccc2n3-c2ccc(-c3ccc(-c4ccc(-c5cc(-c6ccccc6)nc(-c6ccccc6)n5)cc4)cc3)cc2C)cc1. The molecule has 0 saturated carbocycles. The Morgan fingerprint density at radius 3 is 1.09 bits per heavy atom. The van der Waals surface area contributed by atoms with Gasteiger partial charge in [-0.3, -0.25) is 0 Å². The largest absolute Gasteiger partial charge is 0.310 e. The molecule has 0 aliphatic carbocycles. The minimum atomic E-state index is 0.711. The van der Waals surface area contributed by atoms with Crippen LogP contribution in [0.15, 0.2) is 279 Å². The minimum Gasteiger partial charge on any atom is -0.310 e. The van der Waals surface area contributed by atoms with Crippen molar-refractivity contribution in [2.75, 3.05) is 9.80 Å². The molecule has 0 aliphatic heterocycles. The number of hydrogen-bond donors (Lipinski definition) is 0. The van der Waals surface area contributed by atoms with Gasteiger partial charge in [-0.05, 0) is 152 Å². The highest BCUT2D eigenvalue weighted by atomic mass is 15.1. The quantitative estimate of drug-likeness (QED) is 0.122. The van der Waals surface area contributed by atoms with Crippen LogP contribution in [0.25, 0.3) is 83.6 Å². The maximum absolute atomic E-state index is 5.06. The summed E-state index contributed by atoms with van der Waals surface area (Å²) in [7, 11) is 0. The Labute approximate surface area is 456 Å². The second-order valence-corrected chi connectivity index (χ2v) is 20.1. The van der Waals surface area contributed by atoms with Gasteiger partial charge in [0.15, 0.2) is 5.82 Å². The molecule has 0 aliphatic rings. The van der Waals surface area contributed by atoms with Crippen LogP contribution < -0.4 is 9.80 Å². The van der Waals surface area contributed by atoms with Crippen LogP contribution in [0.2, 0.25) is 0 Å². The molecule has 0 saturated heterocycles. The molecule has 0 bridgehead atoms. The van der Waals surface area contributed by atoms with Crippen molar-refractivity contribution in [3.8, 4) is 61.8 Å². The summed E-state index contributed by atoms with van der Waals surface area (Å²) in [6, 6.07) is 100. The van der Waals surface area contributed by atoms with E-state index in [9.17, 15) is 0 Å². The average Bonchev–Trinajstić information content (AvgIpc) is 4.03. The van der Waals surface area contributed by atoms with E-state index in [2.05, 4.69) is 278 Å². The van der Waals surface area contributed by atoms with Gasteiger partial charge in [0.2, 0.25) is 0 Å². The van der Waals surface area contributed by atoms with E-state index < -0.39 is 0 Å². The Morgan fingerprint density at radius 1 is 0.282 bits per heavy atom. The van der Waals surface area contributed by atoms with Crippen LogP contribution in [0.3, 0.4) is 0 Å². The topological polar surface area (TPSA) is 37.2 Å². The van der Waals surface area contributed by atoms with Crippen LogP contribution in [0.4, 0.5) is 34.1 Å². The van der Waals surface area contributed by atoms with Gasteiger partial charge in [0.05, 0.1) is 22.4 Å². The monoisotopic (exact) mass is 1000 g/mol. The van der Waals surface area contributed by atoms with E-state index in [0.717, 1.165) is 90.1 Å². The van der Waals surface area contributed by atoms with Gasteiger partial charge in [-0.25, -0.2) is 9.97 Å². The fraction of sp³-hybridized carbons (Fsp3) is 0.0411. The molecule has 78 heavy (non-hydrogen) atoms. The fourth-order valence-electron chi connectivity index (χ4n) is 10.8. The molecule has 13 aromatic rings. The molecule has 0 unspecified atom stereocenters. The Morgan fingerprint density at radius 2 is 0.641 bits per heavy atom. The summed E-state index contributed by atoms with van der Waals surface area (Å²) in [6.07, 6.45) is 0. The van der Waals surface area contributed by atoms with Crippen molar-refractivity contribution in [1.29, 1.82) is 0 Å². The van der Waals surface area contributed by atoms with Crippen LogP contribution in [-0.2, 0) is 0 Å². The lowest BCUT2D eigenvalue weighted by molar-refractivity contribution is 1.15. The molecule has 0 spiro atoms. The number of aryl methyl sites for hydroxylation is 3.